The second-order valence-electron chi connectivity index (χ2n) is 5.52. The summed E-state index contributed by atoms with van der Waals surface area (Å²) in [4.78, 5) is 0. The molecule has 2 aromatic carbocycles. The van der Waals surface area contributed by atoms with Gasteiger partial charge in [0, 0.05) is 23.1 Å². The van der Waals surface area contributed by atoms with Crippen molar-refractivity contribution in [3.63, 3.8) is 0 Å². The molecule has 0 aromatic heterocycles. The Hall–Kier alpha value is -2.92. The first-order valence-corrected chi connectivity index (χ1v) is 8.54. The van der Waals surface area contributed by atoms with Gasteiger partial charge in [0.05, 0.1) is 0 Å². The molecule has 0 saturated heterocycles. The molecule has 0 radical (unpaired) electrons. The molecule has 0 spiro atoms. The van der Waals surface area contributed by atoms with Gasteiger partial charge >= 0.3 is 0 Å². The normalized spacial score (nSPS) is 10.6. The van der Waals surface area contributed by atoms with Gasteiger partial charge in [-0.15, -0.1) is 12.3 Å². The van der Waals surface area contributed by atoms with Gasteiger partial charge in [0.2, 0.25) is 0 Å². The van der Waals surface area contributed by atoms with Gasteiger partial charge in [-0.3, -0.25) is 0 Å². The molecular formula is C24H22O. The number of terminal acetylenes is 1. The van der Waals surface area contributed by atoms with E-state index in [1.54, 1.807) is 0 Å². The quantitative estimate of drug-likeness (QED) is 0.557. The smallest absolute Gasteiger partial charge is 0.145 e. The Labute approximate surface area is 151 Å². The highest BCUT2D eigenvalue weighted by Crippen LogP contribution is 2.20. The number of benzene rings is 2. The van der Waals surface area contributed by atoms with Crippen LogP contribution >= 0.6 is 0 Å². The van der Waals surface area contributed by atoms with Crippen LogP contribution in [0.4, 0.5) is 0 Å². The minimum atomic E-state index is -0.443. The topological polar surface area (TPSA) is 9.23 Å². The molecule has 1 nitrogen and oxygen atoms in total. The molecule has 0 aliphatic rings. The molecule has 0 N–H and O–H groups in total. The maximum atomic E-state index is 5.77. The summed E-state index contributed by atoms with van der Waals surface area (Å²) in [7, 11) is 0. The SMILES string of the molecule is C#CC(OCC#CCCCC)c1ccccc1C#Cc1ccccc1. The zero-order valence-corrected chi connectivity index (χ0v) is 14.6. The van der Waals surface area contributed by atoms with Crippen LogP contribution in [0.2, 0.25) is 0 Å². The molecule has 0 aliphatic carbocycles. The predicted molar refractivity (Wildman–Crippen MR) is 104 cm³/mol. The molecule has 0 bridgehead atoms. The molecule has 0 fully saturated rings. The summed E-state index contributed by atoms with van der Waals surface area (Å²) in [5, 5.41) is 0. The first kappa shape index (κ1) is 18.4. The maximum absolute atomic E-state index is 5.77. The molecule has 1 atom stereocenters. The minimum Gasteiger partial charge on any atom is -0.348 e. The van der Waals surface area contributed by atoms with E-state index in [9.17, 15) is 0 Å². The Morgan fingerprint density at radius 3 is 2.48 bits per heavy atom. The van der Waals surface area contributed by atoms with E-state index >= 15 is 0 Å². The van der Waals surface area contributed by atoms with Crippen molar-refractivity contribution in [2.24, 2.45) is 0 Å². The second-order valence-corrected chi connectivity index (χ2v) is 5.52. The van der Waals surface area contributed by atoms with E-state index in [4.69, 9.17) is 11.2 Å². The van der Waals surface area contributed by atoms with E-state index < -0.39 is 6.10 Å². The Kier molecular flexibility index (Phi) is 7.94. The van der Waals surface area contributed by atoms with Crippen molar-refractivity contribution < 1.29 is 4.74 Å². The van der Waals surface area contributed by atoms with Crippen LogP contribution in [0, 0.1) is 36.0 Å². The highest BCUT2D eigenvalue weighted by atomic mass is 16.5. The molecule has 25 heavy (non-hydrogen) atoms. The Balaban J connectivity index is 2.11. The van der Waals surface area contributed by atoms with Gasteiger partial charge in [0.25, 0.3) is 0 Å². The highest BCUT2D eigenvalue weighted by Gasteiger charge is 2.11. The third kappa shape index (κ3) is 6.24. The maximum Gasteiger partial charge on any atom is 0.145 e. The molecule has 1 heteroatoms. The van der Waals surface area contributed by atoms with Crippen LogP contribution < -0.4 is 0 Å². The van der Waals surface area contributed by atoms with Gasteiger partial charge in [-0.05, 0) is 24.6 Å². The summed E-state index contributed by atoms with van der Waals surface area (Å²) in [6, 6.07) is 17.7. The average Bonchev–Trinajstić information content (AvgIpc) is 2.67. The summed E-state index contributed by atoms with van der Waals surface area (Å²) in [5.74, 6) is 15.2. The lowest BCUT2D eigenvalue weighted by Gasteiger charge is -2.12. The van der Waals surface area contributed by atoms with Gasteiger partial charge in [-0.1, -0.05) is 73.4 Å². The lowest BCUT2D eigenvalue weighted by atomic mass is 10.0. The van der Waals surface area contributed by atoms with Crippen molar-refractivity contribution in [2.75, 3.05) is 6.61 Å². The molecule has 0 aliphatic heterocycles. The van der Waals surface area contributed by atoms with E-state index in [0.29, 0.717) is 6.61 Å². The molecule has 1 unspecified atom stereocenters. The van der Waals surface area contributed by atoms with Crippen LogP contribution in [0.5, 0.6) is 0 Å². The third-order valence-corrected chi connectivity index (χ3v) is 3.61. The van der Waals surface area contributed by atoms with Crippen LogP contribution in [0.15, 0.2) is 54.6 Å². The first-order chi connectivity index (χ1) is 12.3. The van der Waals surface area contributed by atoms with E-state index in [0.717, 1.165) is 36.0 Å². The fourth-order valence-electron chi connectivity index (χ4n) is 2.26. The number of hydrogen-bond donors (Lipinski definition) is 0. The zero-order chi connectivity index (χ0) is 17.7. The summed E-state index contributed by atoms with van der Waals surface area (Å²) in [6.45, 7) is 2.49. The Morgan fingerprint density at radius 2 is 1.72 bits per heavy atom. The van der Waals surface area contributed by atoms with Crippen molar-refractivity contribution in [3.8, 4) is 36.0 Å². The Bertz CT molecular complexity index is 819. The molecular weight excluding hydrogens is 304 g/mol. The van der Waals surface area contributed by atoms with Gasteiger partial charge < -0.3 is 4.74 Å². The van der Waals surface area contributed by atoms with E-state index in [-0.39, 0.29) is 0 Å². The van der Waals surface area contributed by atoms with Gasteiger partial charge in [0.15, 0.2) is 0 Å². The van der Waals surface area contributed by atoms with Crippen LogP contribution in [0.1, 0.15) is 49.0 Å². The van der Waals surface area contributed by atoms with E-state index in [1.807, 2.05) is 54.6 Å². The van der Waals surface area contributed by atoms with Crippen LogP contribution in [0.3, 0.4) is 0 Å². The van der Waals surface area contributed by atoms with Crippen molar-refractivity contribution >= 4 is 0 Å². The van der Waals surface area contributed by atoms with Crippen molar-refractivity contribution in [1.82, 2.24) is 0 Å². The molecule has 124 valence electrons. The zero-order valence-electron chi connectivity index (χ0n) is 14.6. The molecule has 0 saturated carbocycles. The van der Waals surface area contributed by atoms with E-state index in [1.165, 1.54) is 0 Å². The Morgan fingerprint density at radius 1 is 0.960 bits per heavy atom. The fraction of sp³-hybridized carbons (Fsp3) is 0.250. The van der Waals surface area contributed by atoms with Crippen molar-refractivity contribution in [3.05, 3.63) is 71.3 Å². The summed E-state index contributed by atoms with van der Waals surface area (Å²) in [5.41, 5.74) is 2.76. The monoisotopic (exact) mass is 326 g/mol. The van der Waals surface area contributed by atoms with Crippen LogP contribution in [0.25, 0.3) is 0 Å². The molecule has 0 amide bonds. The van der Waals surface area contributed by atoms with Gasteiger partial charge in [-0.2, -0.15) is 0 Å². The molecule has 0 heterocycles. The number of ether oxygens (including phenoxy) is 1. The predicted octanol–water partition coefficient (Wildman–Crippen LogP) is 4.97. The second kappa shape index (κ2) is 10.8. The minimum absolute atomic E-state index is 0.332. The first-order valence-electron chi connectivity index (χ1n) is 8.54. The average molecular weight is 326 g/mol. The van der Waals surface area contributed by atoms with Crippen LogP contribution in [-0.2, 0) is 4.74 Å². The van der Waals surface area contributed by atoms with E-state index in [2.05, 4.69) is 36.5 Å². The standard InChI is InChI=1S/C24H22O/c1-3-5-6-7-13-20-25-24(4-2)23-17-12-11-16-22(23)19-18-21-14-9-8-10-15-21/h2,8-12,14-17,24H,3,5-6,20H2,1H3. The molecule has 2 rings (SSSR count). The lowest BCUT2D eigenvalue weighted by molar-refractivity contribution is 0.121. The molecule has 2 aromatic rings. The summed E-state index contributed by atoms with van der Waals surface area (Å²) in [6.07, 6.45) is 8.40. The number of rotatable bonds is 5. The number of hydrogen-bond acceptors (Lipinski definition) is 1. The fourth-order valence-corrected chi connectivity index (χ4v) is 2.26. The summed E-state index contributed by atoms with van der Waals surface area (Å²) >= 11 is 0. The summed E-state index contributed by atoms with van der Waals surface area (Å²) < 4.78 is 5.77. The van der Waals surface area contributed by atoms with Crippen LogP contribution in [-0.4, -0.2) is 6.61 Å². The number of unbranched alkanes of at least 4 members (excludes halogenated alkanes) is 2. The van der Waals surface area contributed by atoms with Gasteiger partial charge in [0.1, 0.15) is 12.7 Å². The highest BCUT2D eigenvalue weighted by molar-refractivity contribution is 5.48. The van der Waals surface area contributed by atoms with Gasteiger partial charge in [-0.25, -0.2) is 0 Å². The van der Waals surface area contributed by atoms with Crippen molar-refractivity contribution in [2.45, 2.75) is 32.3 Å². The van der Waals surface area contributed by atoms with Crippen molar-refractivity contribution in [1.29, 1.82) is 0 Å². The largest absolute Gasteiger partial charge is 0.348 e. The third-order valence-electron chi connectivity index (χ3n) is 3.61. The lowest BCUT2D eigenvalue weighted by Crippen LogP contribution is -2.04.